The van der Waals surface area contributed by atoms with Crippen molar-refractivity contribution in [3.05, 3.63) is 24.0 Å². The molecule has 1 aromatic rings. The van der Waals surface area contributed by atoms with Crippen LogP contribution in [0.15, 0.2) is 18.5 Å². The maximum absolute atomic E-state index is 12.8. The lowest BCUT2D eigenvalue weighted by Gasteiger charge is -2.30. The maximum atomic E-state index is 12.8. The molecule has 1 aliphatic heterocycles. The third kappa shape index (κ3) is 4.17. The minimum absolute atomic E-state index is 0.0506. The molecule has 1 amide bonds. The van der Waals surface area contributed by atoms with Gasteiger partial charge in [0, 0.05) is 19.3 Å². The van der Waals surface area contributed by atoms with Gasteiger partial charge in [-0.25, -0.2) is 0 Å². The van der Waals surface area contributed by atoms with E-state index in [1.54, 1.807) is 25.6 Å². The third-order valence-corrected chi connectivity index (χ3v) is 3.95. The van der Waals surface area contributed by atoms with Crippen molar-refractivity contribution in [3.63, 3.8) is 0 Å². The van der Waals surface area contributed by atoms with Crippen LogP contribution in [0.4, 0.5) is 0 Å². The lowest BCUT2D eigenvalue weighted by atomic mass is 9.97. The fourth-order valence-corrected chi connectivity index (χ4v) is 2.81. The van der Waals surface area contributed by atoms with Crippen molar-refractivity contribution in [3.8, 4) is 5.75 Å². The largest absolute Gasteiger partial charge is 0.494 e. The molecule has 5 nitrogen and oxygen atoms in total. The van der Waals surface area contributed by atoms with Crippen LogP contribution in [-0.4, -0.2) is 49.1 Å². The number of amides is 1. The molecule has 0 saturated carbocycles. The highest BCUT2D eigenvalue weighted by Gasteiger charge is 2.23. The highest BCUT2D eigenvalue weighted by Crippen LogP contribution is 2.20. The summed E-state index contributed by atoms with van der Waals surface area (Å²) in [5, 5.41) is 3.37. The van der Waals surface area contributed by atoms with Crippen molar-refractivity contribution < 1.29 is 9.53 Å². The number of methoxy groups -OCH3 is 1. The van der Waals surface area contributed by atoms with Crippen LogP contribution in [0, 0.1) is 5.92 Å². The molecule has 0 aromatic carbocycles. The molecule has 2 rings (SSSR count). The van der Waals surface area contributed by atoms with Gasteiger partial charge >= 0.3 is 0 Å². The Labute approximate surface area is 126 Å². The second-order valence-electron chi connectivity index (χ2n) is 5.52. The molecular weight excluding hydrogens is 266 g/mol. The Morgan fingerprint density at radius 3 is 2.90 bits per heavy atom. The fraction of sp³-hybridized carbons (Fsp3) is 0.625. The first-order valence-corrected chi connectivity index (χ1v) is 7.74. The smallest absolute Gasteiger partial charge is 0.257 e. The second-order valence-corrected chi connectivity index (χ2v) is 5.52. The number of hydrogen-bond acceptors (Lipinski definition) is 4. The first kappa shape index (κ1) is 15.8. The molecule has 0 aliphatic carbocycles. The van der Waals surface area contributed by atoms with Crippen LogP contribution < -0.4 is 10.1 Å². The van der Waals surface area contributed by atoms with Gasteiger partial charge in [-0.1, -0.05) is 6.92 Å². The quantitative estimate of drug-likeness (QED) is 0.870. The van der Waals surface area contributed by atoms with Crippen molar-refractivity contribution in [1.29, 1.82) is 0 Å². The van der Waals surface area contributed by atoms with Crippen molar-refractivity contribution in [1.82, 2.24) is 15.2 Å². The van der Waals surface area contributed by atoms with Gasteiger partial charge in [0.05, 0.1) is 18.9 Å². The van der Waals surface area contributed by atoms with Gasteiger partial charge in [-0.2, -0.15) is 0 Å². The molecule has 1 saturated heterocycles. The molecular formula is C16H25N3O2. The summed E-state index contributed by atoms with van der Waals surface area (Å²) < 4.78 is 5.26. The molecule has 5 heteroatoms. The molecule has 1 fully saturated rings. The lowest BCUT2D eigenvalue weighted by Crippen LogP contribution is -2.39. The number of aromatic nitrogens is 1. The molecule has 1 aliphatic rings. The molecule has 0 unspecified atom stereocenters. The molecule has 1 aromatic heterocycles. The molecule has 21 heavy (non-hydrogen) atoms. The Hall–Kier alpha value is -1.62. The van der Waals surface area contributed by atoms with Gasteiger partial charge in [0.2, 0.25) is 0 Å². The highest BCUT2D eigenvalue weighted by atomic mass is 16.5. The predicted octanol–water partition coefficient (Wildman–Crippen LogP) is 1.94. The number of hydrogen-bond donors (Lipinski definition) is 1. The van der Waals surface area contributed by atoms with E-state index in [0.29, 0.717) is 17.2 Å². The summed E-state index contributed by atoms with van der Waals surface area (Å²) in [6.07, 6.45) is 6.48. The van der Waals surface area contributed by atoms with Gasteiger partial charge < -0.3 is 15.0 Å². The minimum Gasteiger partial charge on any atom is -0.494 e. The number of rotatable bonds is 6. The number of carbonyl (C=O) groups is 1. The Balaban J connectivity index is 2.10. The van der Waals surface area contributed by atoms with Crippen molar-refractivity contribution in [2.24, 2.45) is 5.92 Å². The average molecular weight is 291 g/mol. The Morgan fingerprint density at radius 2 is 2.24 bits per heavy atom. The first-order chi connectivity index (χ1) is 10.3. The number of nitrogens with zero attached hydrogens (tertiary/aromatic N) is 2. The molecule has 116 valence electrons. The van der Waals surface area contributed by atoms with Crippen LogP contribution in [0.2, 0.25) is 0 Å². The molecule has 0 spiro atoms. The van der Waals surface area contributed by atoms with E-state index >= 15 is 0 Å². The minimum atomic E-state index is 0.0506. The predicted molar refractivity (Wildman–Crippen MR) is 82.6 cm³/mol. The molecule has 1 N–H and O–H groups in total. The van der Waals surface area contributed by atoms with Crippen LogP contribution in [0.3, 0.4) is 0 Å². The molecule has 0 radical (unpaired) electrons. The average Bonchev–Trinajstić information content (AvgIpc) is 2.54. The van der Waals surface area contributed by atoms with Crippen LogP contribution in [0.25, 0.3) is 0 Å². The third-order valence-electron chi connectivity index (χ3n) is 3.95. The Bertz CT molecular complexity index is 459. The van der Waals surface area contributed by atoms with E-state index < -0.39 is 0 Å². The lowest BCUT2D eigenvalue weighted by molar-refractivity contribution is 0.0713. The Kier molecular flexibility index (Phi) is 5.99. The first-order valence-electron chi connectivity index (χ1n) is 7.74. The van der Waals surface area contributed by atoms with E-state index in [1.807, 2.05) is 4.90 Å². The van der Waals surface area contributed by atoms with E-state index in [1.165, 1.54) is 0 Å². The Morgan fingerprint density at radius 1 is 1.48 bits per heavy atom. The van der Waals surface area contributed by atoms with Crippen molar-refractivity contribution in [2.45, 2.75) is 26.2 Å². The second kappa shape index (κ2) is 7.98. The SMILES string of the molecule is CCCN(CC1CCNCC1)C(=O)c1ccncc1OC. The van der Waals surface area contributed by atoms with Gasteiger partial charge in [0.25, 0.3) is 5.91 Å². The topological polar surface area (TPSA) is 54.5 Å². The zero-order chi connectivity index (χ0) is 15.1. The maximum Gasteiger partial charge on any atom is 0.257 e. The van der Waals surface area contributed by atoms with E-state index in [2.05, 4.69) is 17.2 Å². The number of ether oxygens (including phenoxy) is 1. The van der Waals surface area contributed by atoms with Gasteiger partial charge in [0.1, 0.15) is 5.75 Å². The zero-order valence-electron chi connectivity index (χ0n) is 13.0. The number of carbonyl (C=O) groups excluding carboxylic acids is 1. The molecule has 2 heterocycles. The number of nitrogens with one attached hydrogen (secondary N) is 1. The summed E-state index contributed by atoms with van der Waals surface area (Å²) >= 11 is 0. The van der Waals surface area contributed by atoms with E-state index in [4.69, 9.17) is 4.74 Å². The van der Waals surface area contributed by atoms with Gasteiger partial charge in [-0.3, -0.25) is 9.78 Å². The summed E-state index contributed by atoms with van der Waals surface area (Å²) in [5.41, 5.74) is 0.606. The standard InChI is InChI=1S/C16H25N3O2/c1-3-10-19(12-13-4-7-17-8-5-13)16(20)14-6-9-18-11-15(14)21-2/h6,9,11,13,17H,3-5,7-8,10,12H2,1-2H3. The molecule has 0 atom stereocenters. The number of piperidine rings is 1. The normalized spacial score (nSPS) is 15.7. The van der Waals surface area contributed by atoms with E-state index in [0.717, 1.165) is 45.4 Å². The van der Waals surface area contributed by atoms with E-state index in [9.17, 15) is 4.79 Å². The summed E-state index contributed by atoms with van der Waals surface area (Å²) in [5.74, 6) is 1.19. The van der Waals surface area contributed by atoms with Crippen LogP contribution in [0.1, 0.15) is 36.5 Å². The summed E-state index contributed by atoms with van der Waals surface area (Å²) in [4.78, 5) is 18.8. The van der Waals surface area contributed by atoms with Crippen LogP contribution in [0.5, 0.6) is 5.75 Å². The zero-order valence-corrected chi connectivity index (χ0v) is 13.0. The summed E-state index contributed by atoms with van der Waals surface area (Å²) in [7, 11) is 1.57. The van der Waals surface area contributed by atoms with E-state index in [-0.39, 0.29) is 5.91 Å². The van der Waals surface area contributed by atoms with Gasteiger partial charge in [-0.15, -0.1) is 0 Å². The van der Waals surface area contributed by atoms with Crippen molar-refractivity contribution >= 4 is 5.91 Å². The monoisotopic (exact) mass is 291 g/mol. The van der Waals surface area contributed by atoms with Gasteiger partial charge in [-0.05, 0) is 44.3 Å². The fourth-order valence-electron chi connectivity index (χ4n) is 2.81. The number of pyridine rings is 1. The summed E-state index contributed by atoms with van der Waals surface area (Å²) in [6, 6.07) is 1.74. The molecule has 0 bridgehead atoms. The summed E-state index contributed by atoms with van der Waals surface area (Å²) in [6.45, 7) is 5.83. The van der Waals surface area contributed by atoms with Crippen molar-refractivity contribution in [2.75, 3.05) is 33.3 Å². The van der Waals surface area contributed by atoms with Crippen LogP contribution >= 0.6 is 0 Å². The van der Waals surface area contributed by atoms with Gasteiger partial charge in [0.15, 0.2) is 0 Å². The highest BCUT2D eigenvalue weighted by molar-refractivity contribution is 5.96. The van der Waals surface area contributed by atoms with Crippen LogP contribution in [-0.2, 0) is 0 Å².